The Kier molecular flexibility index (Phi) is 4.24. The van der Waals surface area contributed by atoms with Gasteiger partial charge in [-0.05, 0) is 49.8 Å². The third-order valence-electron chi connectivity index (χ3n) is 5.18. The van der Waals surface area contributed by atoms with Crippen molar-refractivity contribution in [3.8, 4) is 0 Å². The first-order valence-electron chi connectivity index (χ1n) is 8.86. The molecule has 4 rings (SSSR count). The van der Waals surface area contributed by atoms with Crippen LogP contribution in [0.15, 0.2) is 18.2 Å². The number of hydrogen-bond donors (Lipinski definition) is 3. The van der Waals surface area contributed by atoms with E-state index < -0.39 is 0 Å². The summed E-state index contributed by atoms with van der Waals surface area (Å²) in [7, 11) is 0. The van der Waals surface area contributed by atoms with Gasteiger partial charge in [-0.15, -0.1) is 0 Å². The highest BCUT2D eigenvalue weighted by Crippen LogP contribution is 2.29. The summed E-state index contributed by atoms with van der Waals surface area (Å²) in [5.41, 5.74) is 8.67. The maximum Gasteiger partial charge on any atom is 0.224 e. The minimum absolute atomic E-state index is 0.0376. The van der Waals surface area contributed by atoms with Gasteiger partial charge in [-0.2, -0.15) is 0 Å². The Morgan fingerprint density at radius 1 is 1.33 bits per heavy atom. The fourth-order valence-corrected chi connectivity index (χ4v) is 3.82. The van der Waals surface area contributed by atoms with Crippen LogP contribution in [0.1, 0.15) is 50.5 Å². The maximum atomic E-state index is 12.3. The van der Waals surface area contributed by atoms with E-state index in [0.717, 1.165) is 61.3 Å². The fourth-order valence-electron chi connectivity index (χ4n) is 3.82. The second-order valence-corrected chi connectivity index (χ2v) is 6.96. The number of imidazole rings is 1. The van der Waals surface area contributed by atoms with Crippen LogP contribution in [0.3, 0.4) is 0 Å². The van der Waals surface area contributed by atoms with E-state index >= 15 is 0 Å². The number of carbonyl (C=O) groups is 1. The van der Waals surface area contributed by atoms with E-state index in [1.54, 1.807) is 0 Å². The highest BCUT2D eigenvalue weighted by molar-refractivity contribution is 5.93. The Bertz CT molecular complexity index is 736. The van der Waals surface area contributed by atoms with E-state index in [9.17, 15) is 4.79 Å². The van der Waals surface area contributed by atoms with E-state index in [0.29, 0.717) is 12.3 Å². The molecule has 1 saturated carbocycles. The number of fused-ring (bicyclic) bond motifs is 1. The number of rotatable bonds is 4. The smallest absolute Gasteiger partial charge is 0.224 e. The predicted octanol–water partition coefficient (Wildman–Crippen LogP) is 2.87. The van der Waals surface area contributed by atoms with Crippen molar-refractivity contribution in [2.24, 2.45) is 11.7 Å². The lowest BCUT2D eigenvalue weighted by Gasteiger charge is -2.14. The van der Waals surface area contributed by atoms with E-state index in [-0.39, 0.29) is 18.1 Å². The monoisotopic (exact) mass is 328 g/mol. The summed E-state index contributed by atoms with van der Waals surface area (Å²) in [5.74, 6) is 1.23. The number of nitrogens with one attached hydrogen (secondary N) is 2. The minimum atomic E-state index is 0.0376. The van der Waals surface area contributed by atoms with E-state index in [1.165, 1.54) is 0 Å². The van der Waals surface area contributed by atoms with Gasteiger partial charge >= 0.3 is 0 Å². The molecule has 2 heterocycles. The molecule has 1 aromatic heterocycles. The van der Waals surface area contributed by atoms with Crippen LogP contribution in [0.4, 0.5) is 5.69 Å². The van der Waals surface area contributed by atoms with Gasteiger partial charge in [0.05, 0.1) is 11.0 Å². The first-order chi connectivity index (χ1) is 11.7. The summed E-state index contributed by atoms with van der Waals surface area (Å²) >= 11 is 0. The summed E-state index contributed by atoms with van der Waals surface area (Å²) < 4.78 is 5.67. The van der Waals surface area contributed by atoms with Gasteiger partial charge in [0.15, 0.2) is 0 Å². The standard InChI is InChI=1S/C18H24N4O2/c19-13-4-1-3-11(13)9-17(23)20-12-6-7-14-15(10-12)22-18(21-14)16-5-2-8-24-16/h6-7,10-11,13,16H,1-5,8-9,19H2,(H,20,23)(H,21,22)/t11-,13+,16?/m0/s1. The number of nitrogens with zero attached hydrogens (tertiary/aromatic N) is 1. The van der Waals surface area contributed by atoms with Crippen molar-refractivity contribution in [1.82, 2.24) is 9.97 Å². The lowest BCUT2D eigenvalue weighted by molar-refractivity contribution is -0.117. The van der Waals surface area contributed by atoms with Gasteiger partial charge in [0.25, 0.3) is 0 Å². The van der Waals surface area contributed by atoms with Gasteiger partial charge < -0.3 is 20.8 Å². The molecule has 1 aliphatic carbocycles. The van der Waals surface area contributed by atoms with Gasteiger partial charge in [0.2, 0.25) is 5.91 Å². The van der Waals surface area contributed by atoms with E-state index in [1.807, 2.05) is 18.2 Å². The molecule has 128 valence electrons. The number of amides is 1. The fraction of sp³-hybridized carbons (Fsp3) is 0.556. The predicted molar refractivity (Wildman–Crippen MR) is 92.6 cm³/mol. The van der Waals surface area contributed by atoms with Crippen LogP contribution in [0.25, 0.3) is 11.0 Å². The van der Waals surface area contributed by atoms with Crippen molar-refractivity contribution in [2.45, 2.75) is 50.7 Å². The highest BCUT2D eigenvalue weighted by atomic mass is 16.5. The molecule has 4 N–H and O–H groups in total. The Morgan fingerprint density at radius 3 is 3.00 bits per heavy atom. The number of aromatic amines is 1. The molecule has 2 fully saturated rings. The number of anilines is 1. The second-order valence-electron chi connectivity index (χ2n) is 6.96. The van der Waals surface area contributed by atoms with E-state index in [4.69, 9.17) is 10.5 Å². The van der Waals surface area contributed by atoms with Crippen LogP contribution in [0, 0.1) is 5.92 Å². The molecule has 2 aliphatic rings. The van der Waals surface area contributed by atoms with Crippen molar-refractivity contribution >= 4 is 22.6 Å². The second kappa shape index (κ2) is 6.53. The molecule has 0 radical (unpaired) electrons. The van der Waals surface area contributed by atoms with Crippen LogP contribution in [0.2, 0.25) is 0 Å². The van der Waals surface area contributed by atoms with Gasteiger partial charge in [0, 0.05) is 24.8 Å². The zero-order valence-electron chi connectivity index (χ0n) is 13.8. The van der Waals surface area contributed by atoms with E-state index in [2.05, 4.69) is 15.3 Å². The van der Waals surface area contributed by atoms with Crippen molar-refractivity contribution in [3.05, 3.63) is 24.0 Å². The van der Waals surface area contributed by atoms with Crippen LogP contribution < -0.4 is 11.1 Å². The molecule has 1 amide bonds. The zero-order valence-corrected chi connectivity index (χ0v) is 13.8. The molecule has 6 heteroatoms. The zero-order chi connectivity index (χ0) is 16.5. The number of ether oxygens (including phenoxy) is 1. The van der Waals surface area contributed by atoms with Crippen LogP contribution in [-0.4, -0.2) is 28.5 Å². The molecular formula is C18H24N4O2. The number of carbonyl (C=O) groups excluding carboxylic acids is 1. The number of aromatic nitrogens is 2. The molecule has 1 unspecified atom stereocenters. The van der Waals surface area contributed by atoms with Crippen molar-refractivity contribution in [3.63, 3.8) is 0 Å². The quantitative estimate of drug-likeness (QED) is 0.804. The molecule has 3 atom stereocenters. The Labute approximate surface area is 141 Å². The summed E-state index contributed by atoms with van der Waals surface area (Å²) in [6, 6.07) is 5.93. The largest absolute Gasteiger partial charge is 0.370 e. The molecule has 1 aromatic carbocycles. The van der Waals surface area contributed by atoms with Crippen molar-refractivity contribution in [2.75, 3.05) is 11.9 Å². The number of H-pyrrole nitrogens is 1. The third-order valence-corrected chi connectivity index (χ3v) is 5.18. The summed E-state index contributed by atoms with van der Waals surface area (Å²) in [5, 5.41) is 2.99. The van der Waals surface area contributed by atoms with Gasteiger partial charge in [0.1, 0.15) is 11.9 Å². The summed E-state index contributed by atoms with van der Waals surface area (Å²) in [4.78, 5) is 20.2. The first-order valence-corrected chi connectivity index (χ1v) is 8.86. The maximum absolute atomic E-state index is 12.3. The summed E-state index contributed by atoms with van der Waals surface area (Å²) in [6.45, 7) is 0.798. The molecule has 6 nitrogen and oxygen atoms in total. The number of nitrogens with two attached hydrogens (primary N) is 1. The first kappa shape index (κ1) is 15.6. The SMILES string of the molecule is N[C@@H]1CCC[C@H]1CC(=O)Nc1ccc2nc(C3CCCO3)[nH]c2c1. The molecule has 1 aliphatic heterocycles. The van der Waals surface area contributed by atoms with Gasteiger partial charge in [-0.25, -0.2) is 4.98 Å². The Balaban J connectivity index is 1.45. The average Bonchev–Trinajstić information content (AvgIpc) is 3.28. The van der Waals surface area contributed by atoms with Crippen LogP contribution >= 0.6 is 0 Å². The minimum Gasteiger partial charge on any atom is -0.370 e. The molecule has 0 bridgehead atoms. The normalized spacial score (nSPS) is 27.0. The Hall–Kier alpha value is -1.92. The lowest BCUT2D eigenvalue weighted by atomic mass is 10.00. The third kappa shape index (κ3) is 3.16. The molecule has 2 aromatic rings. The average molecular weight is 328 g/mol. The van der Waals surface area contributed by atoms with Gasteiger partial charge in [-0.3, -0.25) is 4.79 Å². The number of benzene rings is 1. The highest BCUT2D eigenvalue weighted by Gasteiger charge is 2.26. The van der Waals surface area contributed by atoms with Crippen molar-refractivity contribution < 1.29 is 9.53 Å². The van der Waals surface area contributed by atoms with Crippen LogP contribution in [0.5, 0.6) is 0 Å². The number of hydrogen-bond acceptors (Lipinski definition) is 4. The molecule has 0 spiro atoms. The molecule has 1 saturated heterocycles. The van der Waals surface area contributed by atoms with Gasteiger partial charge in [-0.1, -0.05) is 6.42 Å². The van der Waals surface area contributed by atoms with Crippen LogP contribution in [-0.2, 0) is 9.53 Å². The lowest BCUT2D eigenvalue weighted by Crippen LogP contribution is -2.28. The molecule has 24 heavy (non-hydrogen) atoms. The molecular weight excluding hydrogens is 304 g/mol. The topological polar surface area (TPSA) is 93.0 Å². The Morgan fingerprint density at radius 2 is 2.25 bits per heavy atom. The summed E-state index contributed by atoms with van der Waals surface area (Å²) in [6.07, 6.45) is 5.87. The van der Waals surface area contributed by atoms with Crippen molar-refractivity contribution in [1.29, 1.82) is 0 Å².